The van der Waals surface area contributed by atoms with Gasteiger partial charge in [-0.1, -0.05) is 12.1 Å². The van der Waals surface area contributed by atoms with Gasteiger partial charge in [-0.15, -0.1) is 0 Å². The molecule has 1 heterocycles. The zero-order valence-corrected chi connectivity index (χ0v) is 12.1. The number of hydrogen-bond donors (Lipinski definition) is 1. The second kappa shape index (κ2) is 6.56. The van der Waals surface area contributed by atoms with Gasteiger partial charge in [0.25, 0.3) is 0 Å². The molecule has 2 amide bonds. The van der Waals surface area contributed by atoms with Gasteiger partial charge in [-0.3, -0.25) is 4.79 Å². The summed E-state index contributed by atoms with van der Waals surface area (Å²) in [4.78, 5) is 25.0. The van der Waals surface area contributed by atoms with Gasteiger partial charge in [-0.25, -0.2) is 9.18 Å². The Morgan fingerprint density at radius 2 is 2.29 bits per heavy atom. The molecule has 0 aliphatic carbocycles. The van der Waals surface area contributed by atoms with Crippen LogP contribution in [-0.4, -0.2) is 42.1 Å². The van der Waals surface area contributed by atoms with E-state index in [0.717, 1.165) is 0 Å². The van der Waals surface area contributed by atoms with E-state index in [4.69, 9.17) is 4.74 Å². The zero-order valence-electron chi connectivity index (χ0n) is 12.1. The molecular formula is C15H19FN2O3. The predicted octanol–water partition coefficient (Wildman–Crippen LogP) is 1.71. The minimum Gasteiger partial charge on any atom is -0.442 e. The molecule has 1 fully saturated rings. The number of ether oxygens (including phenoxy) is 1. The van der Waals surface area contributed by atoms with Gasteiger partial charge >= 0.3 is 6.09 Å². The number of nitrogens with one attached hydrogen (secondary N) is 1. The first-order valence-corrected chi connectivity index (χ1v) is 6.94. The molecule has 0 spiro atoms. The van der Waals surface area contributed by atoms with Crippen molar-refractivity contribution in [2.24, 2.45) is 0 Å². The average Bonchev–Trinajstić information content (AvgIpc) is 2.78. The highest BCUT2D eigenvalue weighted by Crippen LogP contribution is 2.13. The lowest BCUT2D eigenvalue weighted by molar-refractivity contribution is -0.120. The Labute approximate surface area is 123 Å². The molecular weight excluding hydrogens is 275 g/mol. The molecule has 1 unspecified atom stereocenters. The predicted molar refractivity (Wildman–Crippen MR) is 75.2 cm³/mol. The average molecular weight is 294 g/mol. The van der Waals surface area contributed by atoms with E-state index in [-0.39, 0.29) is 42.9 Å². The Morgan fingerprint density at radius 3 is 2.90 bits per heavy atom. The van der Waals surface area contributed by atoms with Crippen molar-refractivity contribution in [3.63, 3.8) is 0 Å². The van der Waals surface area contributed by atoms with E-state index < -0.39 is 0 Å². The summed E-state index contributed by atoms with van der Waals surface area (Å²) in [5.74, 6) is -0.586. The third-order valence-corrected chi connectivity index (χ3v) is 3.31. The minimum atomic E-state index is -0.363. The van der Waals surface area contributed by atoms with E-state index in [9.17, 15) is 14.0 Å². The summed E-state index contributed by atoms with van der Waals surface area (Å²) in [6, 6.07) is 6.00. The molecule has 1 aromatic rings. The highest BCUT2D eigenvalue weighted by atomic mass is 19.1. The van der Waals surface area contributed by atoms with Crippen LogP contribution < -0.4 is 5.32 Å². The number of cyclic esters (lactones) is 1. The Kier molecular flexibility index (Phi) is 4.77. The van der Waals surface area contributed by atoms with E-state index in [1.165, 1.54) is 12.1 Å². The molecule has 0 bridgehead atoms. The van der Waals surface area contributed by atoms with Crippen LogP contribution in [0.5, 0.6) is 0 Å². The summed E-state index contributed by atoms with van der Waals surface area (Å²) in [6.07, 6.45) is -0.586. The minimum absolute atomic E-state index is 0.0745. The molecule has 5 nitrogen and oxygen atoms in total. The largest absolute Gasteiger partial charge is 0.442 e. The fourth-order valence-electron chi connectivity index (χ4n) is 2.19. The smallest absolute Gasteiger partial charge is 0.410 e. The van der Waals surface area contributed by atoms with Gasteiger partial charge in [0.2, 0.25) is 5.91 Å². The maximum atomic E-state index is 13.0. The topological polar surface area (TPSA) is 58.6 Å². The van der Waals surface area contributed by atoms with Crippen LogP contribution in [0.2, 0.25) is 0 Å². The van der Waals surface area contributed by atoms with E-state index in [2.05, 4.69) is 5.32 Å². The first-order valence-electron chi connectivity index (χ1n) is 6.94. The standard InChI is InChI=1S/C15H19FN2O3/c1-10(2)18-9-13(21-15(18)20)8-17-14(19)7-11-4-3-5-12(16)6-11/h3-6,10,13H,7-9H2,1-2H3,(H,17,19). The van der Waals surface area contributed by atoms with Crippen molar-refractivity contribution < 1.29 is 18.7 Å². The van der Waals surface area contributed by atoms with Gasteiger partial charge in [-0.2, -0.15) is 0 Å². The molecule has 1 aromatic carbocycles. The normalized spacial score (nSPS) is 18.0. The molecule has 6 heteroatoms. The molecule has 1 atom stereocenters. The van der Waals surface area contributed by atoms with E-state index in [1.807, 2.05) is 13.8 Å². The van der Waals surface area contributed by atoms with Crippen molar-refractivity contribution >= 4 is 12.0 Å². The summed E-state index contributed by atoms with van der Waals surface area (Å²) in [5.41, 5.74) is 0.611. The number of rotatable bonds is 5. The lowest BCUT2D eigenvalue weighted by Gasteiger charge is -2.16. The van der Waals surface area contributed by atoms with Gasteiger partial charge in [0.1, 0.15) is 11.9 Å². The van der Waals surface area contributed by atoms with Crippen molar-refractivity contribution in [2.75, 3.05) is 13.1 Å². The fraction of sp³-hybridized carbons (Fsp3) is 0.467. The van der Waals surface area contributed by atoms with Crippen LogP contribution >= 0.6 is 0 Å². The quantitative estimate of drug-likeness (QED) is 0.899. The molecule has 114 valence electrons. The monoisotopic (exact) mass is 294 g/mol. The second-order valence-electron chi connectivity index (χ2n) is 5.36. The molecule has 0 saturated carbocycles. The van der Waals surface area contributed by atoms with Gasteiger partial charge in [0.15, 0.2) is 0 Å². The molecule has 1 aliphatic rings. The Hall–Kier alpha value is -2.11. The third-order valence-electron chi connectivity index (χ3n) is 3.31. The Morgan fingerprint density at radius 1 is 1.52 bits per heavy atom. The number of benzene rings is 1. The van der Waals surface area contributed by atoms with E-state index in [1.54, 1.807) is 17.0 Å². The van der Waals surface area contributed by atoms with Crippen LogP contribution in [0.25, 0.3) is 0 Å². The van der Waals surface area contributed by atoms with Crippen LogP contribution in [0.15, 0.2) is 24.3 Å². The van der Waals surface area contributed by atoms with Crippen LogP contribution in [0.4, 0.5) is 9.18 Å². The number of nitrogens with zero attached hydrogens (tertiary/aromatic N) is 1. The van der Waals surface area contributed by atoms with Gasteiger partial charge in [0, 0.05) is 6.04 Å². The van der Waals surface area contributed by atoms with Crippen molar-refractivity contribution in [3.8, 4) is 0 Å². The first-order chi connectivity index (χ1) is 9.95. The molecule has 0 aromatic heterocycles. The Bertz CT molecular complexity index is 533. The maximum Gasteiger partial charge on any atom is 0.410 e. The van der Waals surface area contributed by atoms with Gasteiger partial charge in [-0.05, 0) is 31.5 Å². The van der Waals surface area contributed by atoms with E-state index >= 15 is 0 Å². The van der Waals surface area contributed by atoms with E-state index in [0.29, 0.717) is 12.1 Å². The first kappa shape index (κ1) is 15.3. The van der Waals surface area contributed by atoms with Crippen LogP contribution in [-0.2, 0) is 16.0 Å². The summed E-state index contributed by atoms with van der Waals surface area (Å²) >= 11 is 0. The third kappa shape index (κ3) is 4.18. The number of hydrogen-bond acceptors (Lipinski definition) is 3. The number of amides is 2. The highest BCUT2D eigenvalue weighted by molar-refractivity contribution is 5.78. The molecule has 21 heavy (non-hydrogen) atoms. The number of halogens is 1. The molecule has 2 rings (SSSR count). The maximum absolute atomic E-state index is 13.0. The summed E-state index contributed by atoms with van der Waals surface area (Å²) < 4.78 is 18.2. The van der Waals surface area contributed by atoms with Crippen molar-refractivity contribution in [1.29, 1.82) is 0 Å². The SMILES string of the molecule is CC(C)N1CC(CNC(=O)Cc2cccc(F)c2)OC1=O. The summed E-state index contributed by atoms with van der Waals surface area (Å²) in [5, 5.41) is 2.71. The zero-order chi connectivity index (χ0) is 15.4. The molecule has 1 aliphatic heterocycles. The number of carbonyl (C=O) groups is 2. The molecule has 0 radical (unpaired) electrons. The highest BCUT2D eigenvalue weighted by Gasteiger charge is 2.32. The van der Waals surface area contributed by atoms with Crippen molar-refractivity contribution in [2.45, 2.75) is 32.4 Å². The van der Waals surface area contributed by atoms with Crippen LogP contribution in [0.3, 0.4) is 0 Å². The van der Waals surface area contributed by atoms with Gasteiger partial charge in [0.05, 0.1) is 19.5 Å². The summed E-state index contributed by atoms with van der Waals surface area (Å²) in [6.45, 7) is 4.55. The van der Waals surface area contributed by atoms with Gasteiger partial charge < -0.3 is 15.0 Å². The number of carbonyl (C=O) groups excluding carboxylic acids is 2. The second-order valence-corrected chi connectivity index (χ2v) is 5.36. The summed E-state index contributed by atoms with van der Waals surface area (Å²) in [7, 11) is 0. The lowest BCUT2D eigenvalue weighted by Crippen LogP contribution is -2.36. The van der Waals surface area contributed by atoms with Crippen molar-refractivity contribution in [1.82, 2.24) is 10.2 Å². The fourth-order valence-corrected chi connectivity index (χ4v) is 2.19. The van der Waals surface area contributed by atoms with Crippen molar-refractivity contribution in [3.05, 3.63) is 35.6 Å². The molecule has 1 saturated heterocycles. The lowest BCUT2D eigenvalue weighted by atomic mass is 10.1. The Balaban J connectivity index is 1.79. The van der Waals surface area contributed by atoms with Crippen LogP contribution in [0, 0.1) is 5.82 Å². The molecule has 1 N–H and O–H groups in total. The van der Waals surface area contributed by atoms with Crippen LogP contribution in [0.1, 0.15) is 19.4 Å².